The van der Waals surface area contributed by atoms with Gasteiger partial charge < -0.3 is 9.30 Å². The van der Waals surface area contributed by atoms with Crippen LogP contribution in [0.1, 0.15) is 41.1 Å². The van der Waals surface area contributed by atoms with Crippen molar-refractivity contribution in [2.45, 2.75) is 39.4 Å². The van der Waals surface area contributed by atoms with E-state index in [2.05, 4.69) is 20.9 Å². The molecule has 10 heteroatoms. The van der Waals surface area contributed by atoms with Crippen molar-refractivity contribution in [3.63, 3.8) is 0 Å². The van der Waals surface area contributed by atoms with Crippen LogP contribution in [0.15, 0.2) is 36.4 Å². The molecule has 0 radical (unpaired) electrons. The molecule has 1 saturated heterocycles. The maximum Gasteiger partial charge on any atom is 0.449 e. The second-order valence-corrected chi connectivity index (χ2v) is 9.01. The molecule has 0 N–H and O–H groups in total. The normalized spacial score (nSPS) is 15.4. The lowest BCUT2D eigenvalue weighted by atomic mass is 9.97. The Kier molecular flexibility index (Phi) is 8.79. The average Bonchev–Trinajstić information content (AvgIpc) is 3.19. The molecule has 0 bridgehead atoms. The molecule has 1 aliphatic heterocycles. The molecule has 1 aromatic carbocycles. The second-order valence-electron chi connectivity index (χ2n) is 9.01. The van der Waals surface area contributed by atoms with Crippen molar-refractivity contribution in [1.82, 2.24) is 19.4 Å². The van der Waals surface area contributed by atoms with Gasteiger partial charge in [0.25, 0.3) is 0 Å². The van der Waals surface area contributed by atoms with Gasteiger partial charge in [0.15, 0.2) is 5.65 Å². The Morgan fingerprint density at radius 1 is 1.14 bits per heavy atom. The number of aromatic nitrogens is 3. The summed E-state index contributed by atoms with van der Waals surface area (Å²) in [7, 11) is 1.42. The minimum atomic E-state index is -4.57. The Morgan fingerprint density at radius 3 is 2.42 bits per heavy atom. The van der Waals surface area contributed by atoms with E-state index >= 15 is 0 Å². The molecule has 0 amide bonds. The van der Waals surface area contributed by atoms with Crippen LogP contribution in [0.25, 0.3) is 17.2 Å². The molecule has 3 heterocycles. The van der Waals surface area contributed by atoms with Gasteiger partial charge in [0, 0.05) is 12.2 Å². The van der Waals surface area contributed by atoms with Gasteiger partial charge in [-0.15, -0.1) is 12.4 Å². The number of methoxy groups -OCH3 is 1. The van der Waals surface area contributed by atoms with Crippen LogP contribution >= 0.6 is 12.4 Å². The molecule has 0 spiro atoms. The number of likely N-dealkylation sites (tertiary alicyclic amines) is 1. The number of halogens is 4. The van der Waals surface area contributed by atoms with Crippen molar-refractivity contribution in [3.8, 4) is 0 Å². The minimum Gasteiger partial charge on any atom is -0.469 e. The molecule has 194 valence electrons. The molecular formula is C26H30ClF3N4O2. The number of aryl methyl sites for hydroxylation is 2. The molecule has 0 aliphatic carbocycles. The zero-order valence-electron chi connectivity index (χ0n) is 20.5. The summed E-state index contributed by atoms with van der Waals surface area (Å²) in [4.78, 5) is 22.1. The third kappa shape index (κ3) is 6.25. The summed E-state index contributed by atoms with van der Waals surface area (Å²) >= 11 is 0. The molecule has 6 nitrogen and oxygen atoms in total. The highest BCUT2D eigenvalue weighted by molar-refractivity contribution is 5.85. The van der Waals surface area contributed by atoms with E-state index in [4.69, 9.17) is 4.74 Å². The first-order valence-electron chi connectivity index (χ1n) is 11.6. The molecule has 0 atom stereocenters. The second kappa shape index (κ2) is 11.4. The van der Waals surface area contributed by atoms with Crippen LogP contribution < -0.4 is 0 Å². The largest absolute Gasteiger partial charge is 0.469 e. The van der Waals surface area contributed by atoms with E-state index in [1.807, 2.05) is 30.3 Å². The number of alkyl halides is 3. The number of rotatable bonds is 6. The number of piperidine rings is 1. The highest BCUT2D eigenvalue weighted by atomic mass is 35.5. The van der Waals surface area contributed by atoms with Crippen LogP contribution in [-0.2, 0) is 22.3 Å². The van der Waals surface area contributed by atoms with Gasteiger partial charge in [-0.05, 0) is 62.5 Å². The number of pyridine rings is 1. The minimum absolute atomic E-state index is 0. The Hall–Kier alpha value is -2.91. The number of hydrogen-bond acceptors (Lipinski definition) is 5. The fraction of sp³-hybridized carbons (Fsp3) is 0.423. The molecule has 1 aliphatic rings. The molecule has 36 heavy (non-hydrogen) atoms. The first kappa shape index (κ1) is 27.7. The van der Waals surface area contributed by atoms with Crippen molar-refractivity contribution in [1.29, 1.82) is 0 Å². The summed E-state index contributed by atoms with van der Waals surface area (Å²) in [6.45, 7) is 6.00. The van der Waals surface area contributed by atoms with Crippen molar-refractivity contribution in [2.24, 2.45) is 5.92 Å². The van der Waals surface area contributed by atoms with E-state index in [-0.39, 0.29) is 42.0 Å². The van der Waals surface area contributed by atoms with Crippen LogP contribution in [-0.4, -0.2) is 52.1 Å². The van der Waals surface area contributed by atoms with Crippen molar-refractivity contribution in [2.75, 3.05) is 26.7 Å². The highest BCUT2D eigenvalue weighted by Gasteiger charge is 2.38. The Bertz CT molecular complexity index is 1230. The van der Waals surface area contributed by atoms with Gasteiger partial charge in [0.1, 0.15) is 5.52 Å². The molecular weight excluding hydrogens is 493 g/mol. The maximum absolute atomic E-state index is 13.7. The number of esters is 1. The smallest absolute Gasteiger partial charge is 0.449 e. The number of fused-ring (bicyclic) bond motifs is 1. The standard InChI is InChI=1S/C26H29F3N4O2.ClH/c1-17-15-18(2)30-23-22(17)31-25(26(27,28)29)33(23)16-20-8-6-19(7-9-20)5-4-12-32-13-10-21(11-14-32)24(34)35-3;/h4-9,15,21H,10-14,16H2,1-3H3;1H. The van der Waals surface area contributed by atoms with Crippen molar-refractivity contribution >= 4 is 35.6 Å². The lowest BCUT2D eigenvalue weighted by Crippen LogP contribution is -2.36. The van der Waals surface area contributed by atoms with E-state index in [0.717, 1.165) is 48.2 Å². The number of imidazole rings is 1. The SMILES string of the molecule is COC(=O)C1CCN(CC=Cc2ccc(Cn3c(C(F)(F)F)nc4c(C)cc(C)nc43)cc2)CC1.Cl. The van der Waals surface area contributed by atoms with E-state index in [1.165, 1.54) is 7.11 Å². The Morgan fingerprint density at radius 2 is 1.81 bits per heavy atom. The first-order valence-corrected chi connectivity index (χ1v) is 11.6. The van der Waals surface area contributed by atoms with E-state index in [9.17, 15) is 18.0 Å². The van der Waals surface area contributed by atoms with E-state index in [0.29, 0.717) is 11.3 Å². The predicted molar refractivity (Wildman–Crippen MR) is 135 cm³/mol. The van der Waals surface area contributed by atoms with Crippen LogP contribution in [0.5, 0.6) is 0 Å². The highest BCUT2D eigenvalue weighted by Crippen LogP contribution is 2.32. The number of nitrogens with zero attached hydrogens (tertiary/aromatic N) is 4. The third-order valence-electron chi connectivity index (χ3n) is 6.39. The zero-order valence-corrected chi connectivity index (χ0v) is 21.3. The monoisotopic (exact) mass is 522 g/mol. The molecule has 0 saturated carbocycles. The fourth-order valence-electron chi connectivity index (χ4n) is 4.54. The van der Waals surface area contributed by atoms with Gasteiger partial charge >= 0.3 is 12.1 Å². The van der Waals surface area contributed by atoms with Crippen molar-refractivity contribution < 1.29 is 22.7 Å². The lowest BCUT2D eigenvalue weighted by molar-refractivity contribution is -0.147. The zero-order chi connectivity index (χ0) is 25.2. The van der Waals surface area contributed by atoms with Crippen LogP contribution in [0.3, 0.4) is 0 Å². The molecule has 3 aromatic rings. The molecule has 1 fully saturated rings. The number of hydrogen-bond donors (Lipinski definition) is 0. The van der Waals surface area contributed by atoms with Gasteiger partial charge in [0.05, 0.1) is 19.6 Å². The summed E-state index contributed by atoms with van der Waals surface area (Å²) in [5.41, 5.74) is 3.55. The van der Waals surface area contributed by atoms with Gasteiger partial charge in [0.2, 0.25) is 5.82 Å². The fourth-order valence-corrected chi connectivity index (χ4v) is 4.54. The molecule has 4 rings (SSSR count). The number of carbonyl (C=O) groups excluding carboxylic acids is 1. The van der Waals surface area contributed by atoms with Gasteiger partial charge in [-0.2, -0.15) is 13.2 Å². The third-order valence-corrected chi connectivity index (χ3v) is 6.39. The number of carbonyl (C=O) groups is 1. The lowest BCUT2D eigenvalue weighted by Gasteiger charge is -2.29. The van der Waals surface area contributed by atoms with Crippen LogP contribution in [0.2, 0.25) is 0 Å². The first-order chi connectivity index (χ1) is 16.7. The summed E-state index contributed by atoms with van der Waals surface area (Å²) in [6, 6.07) is 9.19. The summed E-state index contributed by atoms with van der Waals surface area (Å²) in [6.07, 6.45) is 1.08. The van der Waals surface area contributed by atoms with Crippen molar-refractivity contribution in [3.05, 3.63) is 64.6 Å². The molecule has 0 unspecified atom stereocenters. The summed E-state index contributed by atoms with van der Waals surface area (Å²) in [5, 5.41) is 0. The number of benzene rings is 1. The predicted octanol–water partition coefficient (Wildman–Crippen LogP) is 5.44. The Balaban J connectivity index is 0.00000361. The van der Waals surface area contributed by atoms with E-state index in [1.54, 1.807) is 19.9 Å². The topological polar surface area (TPSA) is 60.2 Å². The number of ether oxygens (including phenoxy) is 1. The van der Waals surface area contributed by atoms with Crippen LogP contribution in [0.4, 0.5) is 13.2 Å². The molecule has 2 aromatic heterocycles. The average molecular weight is 523 g/mol. The maximum atomic E-state index is 13.7. The van der Waals surface area contributed by atoms with Gasteiger partial charge in [-0.3, -0.25) is 9.69 Å². The Labute approximate surface area is 214 Å². The summed E-state index contributed by atoms with van der Waals surface area (Å²) in [5.74, 6) is -1.08. The van der Waals surface area contributed by atoms with Gasteiger partial charge in [-0.25, -0.2) is 9.97 Å². The van der Waals surface area contributed by atoms with Crippen LogP contribution in [0, 0.1) is 19.8 Å². The summed E-state index contributed by atoms with van der Waals surface area (Å²) < 4.78 is 47.1. The van der Waals surface area contributed by atoms with Gasteiger partial charge in [-0.1, -0.05) is 36.4 Å². The quantitative estimate of drug-likeness (QED) is 0.404. The van der Waals surface area contributed by atoms with E-state index < -0.39 is 12.0 Å².